The van der Waals surface area contributed by atoms with Crippen LogP contribution < -0.4 is 5.32 Å². The first kappa shape index (κ1) is 16.3. The minimum absolute atomic E-state index is 0.191. The number of carbonyl (C=O) groups is 1. The van der Waals surface area contributed by atoms with Crippen molar-refractivity contribution in [2.75, 3.05) is 12.8 Å². The van der Waals surface area contributed by atoms with Gasteiger partial charge in [-0.15, -0.1) is 11.8 Å². The molecule has 114 valence electrons. The molecule has 1 amide bonds. The quantitative estimate of drug-likeness (QED) is 0.635. The number of carbonyl (C=O) groups excluding carboxylic acids is 1. The van der Waals surface area contributed by atoms with Crippen molar-refractivity contribution in [2.24, 2.45) is 0 Å². The molecule has 0 aromatic heterocycles. The molecule has 0 aliphatic rings. The van der Waals surface area contributed by atoms with Gasteiger partial charge in [-0.3, -0.25) is 4.79 Å². The van der Waals surface area contributed by atoms with E-state index < -0.39 is 6.10 Å². The van der Waals surface area contributed by atoms with Gasteiger partial charge in [0.25, 0.3) is 0 Å². The SMILES string of the molecule is CSc1ccc(C(O)CNC(=O)/C=C/c2ccccc2)cc1. The second-order valence-electron chi connectivity index (χ2n) is 4.78. The molecular weight excluding hydrogens is 294 g/mol. The van der Waals surface area contributed by atoms with Crippen LogP contribution in [0.25, 0.3) is 6.08 Å². The minimum Gasteiger partial charge on any atom is -0.387 e. The normalized spacial score (nSPS) is 12.3. The molecule has 22 heavy (non-hydrogen) atoms. The van der Waals surface area contributed by atoms with Crippen LogP contribution in [0.15, 0.2) is 65.6 Å². The van der Waals surface area contributed by atoms with Crippen LogP contribution >= 0.6 is 11.8 Å². The number of aliphatic hydroxyl groups is 1. The van der Waals surface area contributed by atoms with Crippen molar-refractivity contribution in [3.63, 3.8) is 0 Å². The Morgan fingerprint density at radius 2 is 1.86 bits per heavy atom. The minimum atomic E-state index is -0.704. The van der Waals surface area contributed by atoms with Crippen LogP contribution in [0.5, 0.6) is 0 Å². The highest BCUT2D eigenvalue weighted by molar-refractivity contribution is 7.98. The van der Waals surface area contributed by atoms with E-state index in [4.69, 9.17) is 0 Å². The maximum Gasteiger partial charge on any atom is 0.244 e. The molecule has 0 aliphatic carbocycles. The third-order valence-electron chi connectivity index (χ3n) is 3.20. The summed E-state index contributed by atoms with van der Waals surface area (Å²) in [6, 6.07) is 17.3. The fraction of sp³-hybridized carbons (Fsp3) is 0.167. The molecule has 0 spiro atoms. The topological polar surface area (TPSA) is 49.3 Å². The van der Waals surface area contributed by atoms with E-state index >= 15 is 0 Å². The molecule has 2 aromatic carbocycles. The maximum atomic E-state index is 11.7. The molecule has 0 saturated heterocycles. The maximum absolute atomic E-state index is 11.7. The molecule has 2 N–H and O–H groups in total. The lowest BCUT2D eigenvalue weighted by Crippen LogP contribution is -2.26. The van der Waals surface area contributed by atoms with Crippen molar-refractivity contribution in [3.8, 4) is 0 Å². The number of amides is 1. The molecule has 0 fully saturated rings. The molecule has 0 bridgehead atoms. The van der Waals surface area contributed by atoms with Crippen molar-refractivity contribution < 1.29 is 9.90 Å². The zero-order chi connectivity index (χ0) is 15.8. The number of nitrogens with one attached hydrogen (secondary N) is 1. The van der Waals surface area contributed by atoms with E-state index in [1.165, 1.54) is 6.08 Å². The van der Waals surface area contributed by atoms with Gasteiger partial charge in [-0.05, 0) is 35.6 Å². The van der Waals surface area contributed by atoms with Gasteiger partial charge in [0.1, 0.15) is 0 Å². The first-order valence-corrected chi connectivity index (χ1v) is 8.24. The van der Waals surface area contributed by atoms with E-state index in [-0.39, 0.29) is 12.5 Å². The van der Waals surface area contributed by atoms with Crippen molar-refractivity contribution in [2.45, 2.75) is 11.0 Å². The number of hydrogen-bond donors (Lipinski definition) is 2. The lowest BCUT2D eigenvalue weighted by atomic mass is 10.1. The monoisotopic (exact) mass is 313 g/mol. The molecule has 1 unspecified atom stereocenters. The summed E-state index contributed by atoms with van der Waals surface area (Å²) in [7, 11) is 0. The van der Waals surface area contributed by atoms with Crippen LogP contribution in [0, 0.1) is 0 Å². The second-order valence-corrected chi connectivity index (χ2v) is 5.66. The summed E-state index contributed by atoms with van der Waals surface area (Å²) in [5, 5.41) is 12.8. The van der Waals surface area contributed by atoms with Gasteiger partial charge in [-0.1, -0.05) is 42.5 Å². The van der Waals surface area contributed by atoms with E-state index in [9.17, 15) is 9.90 Å². The Morgan fingerprint density at radius 3 is 2.50 bits per heavy atom. The van der Waals surface area contributed by atoms with Gasteiger partial charge in [0.2, 0.25) is 5.91 Å². The van der Waals surface area contributed by atoms with Crippen LogP contribution in [0.2, 0.25) is 0 Å². The van der Waals surface area contributed by atoms with Crippen LogP contribution in [0.3, 0.4) is 0 Å². The Kier molecular flexibility index (Phi) is 6.25. The Balaban J connectivity index is 1.83. The Labute approximate surface area is 135 Å². The van der Waals surface area contributed by atoms with E-state index in [2.05, 4.69) is 5.32 Å². The first-order chi connectivity index (χ1) is 10.7. The van der Waals surface area contributed by atoms with Crippen molar-refractivity contribution >= 4 is 23.7 Å². The summed E-state index contributed by atoms with van der Waals surface area (Å²) in [4.78, 5) is 12.9. The van der Waals surface area contributed by atoms with Gasteiger partial charge < -0.3 is 10.4 Å². The average molecular weight is 313 g/mol. The van der Waals surface area contributed by atoms with Crippen LogP contribution in [0.1, 0.15) is 17.2 Å². The predicted octanol–water partition coefficient (Wildman–Crippen LogP) is 3.27. The second kappa shape index (κ2) is 8.41. The molecule has 0 radical (unpaired) electrons. The van der Waals surface area contributed by atoms with Crippen LogP contribution in [0.4, 0.5) is 0 Å². The first-order valence-electron chi connectivity index (χ1n) is 7.02. The molecule has 2 aromatic rings. The number of aliphatic hydroxyl groups excluding tert-OH is 1. The molecule has 2 rings (SSSR count). The lowest BCUT2D eigenvalue weighted by Gasteiger charge is -2.11. The fourth-order valence-corrected chi connectivity index (χ4v) is 2.34. The van der Waals surface area contributed by atoms with Crippen molar-refractivity contribution in [1.82, 2.24) is 5.32 Å². The van der Waals surface area contributed by atoms with Gasteiger partial charge in [0, 0.05) is 17.5 Å². The third-order valence-corrected chi connectivity index (χ3v) is 3.94. The molecular formula is C18H19NO2S. The molecule has 3 nitrogen and oxygen atoms in total. The predicted molar refractivity (Wildman–Crippen MR) is 91.7 cm³/mol. The Bertz CT molecular complexity index is 623. The summed E-state index contributed by atoms with van der Waals surface area (Å²) in [6.45, 7) is 0.191. The molecule has 4 heteroatoms. The third kappa shape index (κ3) is 5.06. The van der Waals surface area contributed by atoms with Gasteiger partial charge >= 0.3 is 0 Å². The van der Waals surface area contributed by atoms with Crippen LogP contribution in [-0.2, 0) is 4.79 Å². The molecule has 0 aliphatic heterocycles. The number of benzene rings is 2. The highest BCUT2D eigenvalue weighted by Crippen LogP contribution is 2.18. The van der Waals surface area contributed by atoms with E-state index in [0.29, 0.717) is 0 Å². The highest BCUT2D eigenvalue weighted by atomic mass is 32.2. The number of hydrogen-bond acceptors (Lipinski definition) is 3. The summed E-state index contributed by atoms with van der Waals surface area (Å²) in [5.41, 5.74) is 1.76. The Morgan fingerprint density at radius 1 is 1.18 bits per heavy atom. The Hall–Kier alpha value is -2.04. The number of thioether (sulfide) groups is 1. The van der Waals surface area contributed by atoms with Crippen LogP contribution in [-0.4, -0.2) is 23.8 Å². The number of rotatable bonds is 6. The summed E-state index contributed by atoms with van der Waals surface area (Å²) in [6.07, 6.45) is 4.52. The van der Waals surface area contributed by atoms with Gasteiger partial charge in [0.15, 0.2) is 0 Å². The summed E-state index contributed by atoms with van der Waals surface area (Å²) < 4.78 is 0. The highest BCUT2D eigenvalue weighted by Gasteiger charge is 2.08. The lowest BCUT2D eigenvalue weighted by molar-refractivity contribution is -0.116. The van der Waals surface area contributed by atoms with E-state index in [1.54, 1.807) is 17.8 Å². The standard InChI is InChI=1S/C18H19NO2S/c1-22-16-10-8-15(9-11-16)17(20)13-19-18(21)12-7-14-5-3-2-4-6-14/h2-12,17,20H,13H2,1H3,(H,19,21)/b12-7+. The van der Waals surface area contributed by atoms with E-state index in [1.807, 2.05) is 60.9 Å². The molecule has 0 saturated carbocycles. The summed E-state index contributed by atoms with van der Waals surface area (Å²) in [5.74, 6) is -0.219. The largest absolute Gasteiger partial charge is 0.387 e. The van der Waals surface area contributed by atoms with Gasteiger partial charge in [0.05, 0.1) is 6.10 Å². The van der Waals surface area contributed by atoms with Gasteiger partial charge in [-0.25, -0.2) is 0 Å². The fourth-order valence-electron chi connectivity index (χ4n) is 1.94. The zero-order valence-electron chi connectivity index (χ0n) is 12.4. The van der Waals surface area contributed by atoms with Crippen molar-refractivity contribution in [1.29, 1.82) is 0 Å². The van der Waals surface area contributed by atoms with Gasteiger partial charge in [-0.2, -0.15) is 0 Å². The molecule has 1 atom stereocenters. The van der Waals surface area contributed by atoms with Crippen molar-refractivity contribution in [3.05, 3.63) is 71.8 Å². The smallest absolute Gasteiger partial charge is 0.244 e. The molecule has 0 heterocycles. The zero-order valence-corrected chi connectivity index (χ0v) is 13.2. The average Bonchev–Trinajstić information content (AvgIpc) is 2.58. The summed E-state index contributed by atoms with van der Waals surface area (Å²) >= 11 is 1.65. The van der Waals surface area contributed by atoms with E-state index in [0.717, 1.165) is 16.0 Å².